The van der Waals surface area contributed by atoms with Gasteiger partial charge in [0.1, 0.15) is 0 Å². The van der Waals surface area contributed by atoms with Crippen molar-refractivity contribution in [2.45, 2.75) is 6.42 Å². The Hall–Kier alpha value is -2.10. The highest BCUT2D eigenvalue weighted by molar-refractivity contribution is 6.05. The summed E-state index contributed by atoms with van der Waals surface area (Å²) in [6, 6.07) is 6.52. The van der Waals surface area contributed by atoms with Gasteiger partial charge in [0, 0.05) is 23.2 Å². The van der Waals surface area contributed by atoms with Crippen molar-refractivity contribution < 1.29 is 9.59 Å². The summed E-state index contributed by atoms with van der Waals surface area (Å²) in [5.74, 6) is 0.0561. The van der Waals surface area contributed by atoms with Crippen LogP contribution in [0.3, 0.4) is 0 Å². The molecular formula is C11H10N2O2. The van der Waals surface area contributed by atoms with Crippen LogP contribution in [0.15, 0.2) is 30.3 Å². The molecule has 76 valence electrons. The Morgan fingerprint density at radius 3 is 2.60 bits per heavy atom. The number of allylic oxidation sites excluding steroid dienone is 1. The van der Waals surface area contributed by atoms with Gasteiger partial charge in [-0.25, -0.2) is 4.79 Å². The van der Waals surface area contributed by atoms with Crippen molar-refractivity contribution in [1.82, 2.24) is 5.32 Å². The van der Waals surface area contributed by atoms with E-state index in [2.05, 4.69) is 5.32 Å². The Balaban J connectivity index is 2.44. The Bertz CT molecular complexity index is 463. The summed E-state index contributed by atoms with van der Waals surface area (Å²) in [5.41, 5.74) is 7.01. The standard InChI is InChI=1S/C11H10N2O2/c12-11(15)13-9-5-6-10(14)8-4-2-1-3-7(8)9/h1-5H,6H2,(H3,12,13,15). The third-order valence-electron chi connectivity index (χ3n) is 2.27. The van der Waals surface area contributed by atoms with Crippen molar-refractivity contribution in [3.8, 4) is 0 Å². The Kier molecular flexibility index (Phi) is 2.25. The van der Waals surface area contributed by atoms with Gasteiger partial charge in [-0.3, -0.25) is 4.79 Å². The molecule has 4 nitrogen and oxygen atoms in total. The first kappa shape index (κ1) is 9.45. The fourth-order valence-corrected chi connectivity index (χ4v) is 1.63. The summed E-state index contributed by atoms with van der Waals surface area (Å²) < 4.78 is 0. The number of carbonyl (C=O) groups excluding carboxylic acids is 2. The maximum atomic E-state index is 11.5. The van der Waals surface area contributed by atoms with Gasteiger partial charge < -0.3 is 11.1 Å². The average Bonchev–Trinajstić information content (AvgIpc) is 2.22. The van der Waals surface area contributed by atoms with Crippen LogP contribution in [-0.2, 0) is 0 Å². The van der Waals surface area contributed by atoms with Crippen molar-refractivity contribution in [2.24, 2.45) is 5.73 Å². The third-order valence-corrected chi connectivity index (χ3v) is 2.27. The number of primary amides is 1. The molecule has 0 spiro atoms. The highest BCUT2D eigenvalue weighted by atomic mass is 16.2. The number of Topliss-reactive ketones (excluding diaryl/α,β-unsaturated/α-hetero) is 1. The largest absolute Gasteiger partial charge is 0.351 e. The first-order valence-corrected chi connectivity index (χ1v) is 4.57. The van der Waals surface area contributed by atoms with Crippen molar-refractivity contribution in [2.75, 3.05) is 0 Å². The smallest absolute Gasteiger partial charge is 0.316 e. The molecule has 2 amide bonds. The first-order chi connectivity index (χ1) is 7.18. The second kappa shape index (κ2) is 3.57. The van der Waals surface area contributed by atoms with E-state index >= 15 is 0 Å². The molecule has 0 aliphatic heterocycles. The van der Waals surface area contributed by atoms with Crippen molar-refractivity contribution in [1.29, 1.82) is 0 Å². The number of carbonyl (C=O) groups is 2. The van der Waals surface area contributed by atoms with Gasteiger partial charge >= 0.3 is 6.03 Å². The molecule has 15 heavy (non-hydrogen) atoms. The normalized spacial score (nSPS) is 14.1. The molecule has 0 radical (unpaired) electrons. The minimum atomic E-state index is -0.620. The quantitative estimate of drug-likeness (QED) is 0.720. The van der Waals surface area contributed by atoms with Gasteiger partial charge in [0.15, 0.2) is 5.78 Å². The second-order valence-corrected chi connectivity index (χ2v) is 3.28. The molecule has 0 bridgehead atoms. The molecule has 1 aromatic rings. The van der Waals surface area contributed by atoms with E-state index in [1.807, 2.05) is 6.07 Å². The van der Waals surface area contributed by atoms with Crippen LogP contribution >= 0.6 is 0 Å². The molecule has 2 rings (SSSR count). The predicted octanol–water partition coefficient (Wildman–Crippen LogP) is 1.28. The van der Waals surface area contributed by atoms with Gasteiger partial charge in [0.2, 0.25) is 0 Å². The van der Waals surface area contributed by atoms with E-state index in [4.69, 9.17) is 5.73 Å². The van der Waals surface area contributed by atoms with Gasteiger partial charge in [0.25, 0.3) is 0 Å². The van der Waals surface area contributed by atoms with Crippen LogP contribution < -0.4 is 11.1 Å². The van der Waals surface area contributed by atoms with Crippen LogP contribution in [-0.4, -0.2) is 11.8 Å². The Labute approximate surface area is 86.8 Å². The summed E-state index contributed by atoms with van der Waals surface area (Å²) in [6.07, 6.45) is 1.97. The lowest BCUT2D eigenvalue weighted by Crippen LogP contribution is -2.29. The molecule has 0 saturated heterocycles. The number of fused-ring (bicyclic) bond motifs is 1. The van der Waals surface area contributed by atoms with Crippen LogP contribution in [0.5, 0.6) is 0 Å². The van der Waals surface area contributed by atoms with E-state index in [0.717, 1.165) is 5.56 Å². The molecule has 0 unspecified atom stereocenters. The molecule has 0 aromatic heterocycles. The lowest BCUT2D eigenvalue weighted by atomic mass is 9.94. The van der Waals surface area contributed by atoms with Gasteiger partial charge in [-0.05, 0) is 0 Å². The van der Waals surface area contributed by atoms with Gasteiger partial charge in [-0.15, -0.1) is 0 Å². The highest BCUT2D eigenvalue weighted by Gasteiger charge is 2.18. The molecular weight excluding hydrogens is 192 g/mol. The zero-order valence-electron chi connectivity index (χ0n) is 7.99. The molecule has 1 aliphatic carbocycles. The number of rotatable bonds is 1. The monoisotopic (exact) mass is 202 g/mol. The van der Waals surface area contributed by atoms with E-state index in [1.165, 1.54) is 0 Å². The summed E-state index contributed by atoms with van der Waals surface area (Å²) in [7, 11) is 0. The van der Waals surface area contributed by atoms with Gasteiger partial charge in [0.05, 0.1) is 0 Å². The molecule has 1 aliphatic rings. The van der Waals surface area contributed by atoms with Crippen molar-refractivity contribution in [3.05, 3.63) is 41.5 Å². The highest BCUT2D eigenvalue weighted by Crippen LogP contribution is 2.23. The van der Waals surface area contributed by atoms with Gasteiger partial charge in [-0.1, -0.05) is 30.3 Å². The first-order valence-electron chi connectivity index (χ1n) is 4.57. The van der Waals surface area contributed by atoms with E-state index in [1.54, 1.807) is 24.3 Å². The van der Waals surface area contributed by atoms with Crippen molar-refractivity contribution >= 4 is 17.5 Å². The molecule has 4 heteroatoms. The molecule has 0 fully saturated rings. The van der Waals surface area contributed by atoms with Gasteiger partial charge in [-0.2, -0.15) is 0 Å². The van der Waals surface area contributed by atoms with Crippen LogP contribution in [0.4, 0.5) is 4.79 Å². The molecule has 0 saturated carbocycles. The Morgan fingerprint density at radius 2 is 1.93 bits per heavy atom. The van der Waals surface area contributed by atoms with E-state index in [9.17, 15) is 9.59 Å². The zero-order valence-corrected chi connectivity index (χ0v) is 7.99. The number of nitrogens with two attached hydrogens (primary N) is 1. The van der Waals surface area contributed by atoms with Crippen molar-refractivity contribution in [3.63, 3.8) is 0 Å². The second-order valence-electron chi connectivity index (χ2n) is 3.28. The zero-order chi connectivity index (χ0) is 10.8. The maximum absolute atomic E-state index is 11.5. The van der Waals surface area contributed by atoms with Crippen LogP contribution in [0.1, 0.15) is 22.3 Å². The van der Waals surface area contributed by atoms with Crippen LogP contribution in [0, 0.1) is 0 Å². The summed E-state index contributed by atoms with van der Waals surface area (Å²) in [5, 5.41) is 2.51. The van der Waals surface area contributed by atoms with E-state index < -0.39 is 6.03 Å². The minimum Gasteiger partial charge on any atom is -0.351 e. The number of nitrogens with one attached hydrogen (secondary N) is 1. The topological polar surface area (TPSA) is 72.2 Å². The number of amides is 2. The number of urea groups is 1. The number of benzene rings is 1. The lowest BCUT2D eigenvalue weighted by molar-refractivity contribution is 0.0994. The predicted molar refractivity (Wildman–Crippen MR) is 56.1 cm³/mol. The third kappa shape index (κ3) is 1.74. The fourth-order valence-electron chi connectivity index (χ4n) is 1.63. The summed E-state index contributed by atoms with van der Waals surface area (Å²) >= 11 is 0. The molecule has 3 N–H and O–H groups in total. The van der Waals surface area contributed by atoms with E-state index in [-0.39, 0.29) is 5.78 Å². The van der Waals surface area contributed by atoms with E-state index in [0.29, 0.717) is 17.7 Å². The summed E-state index contributed by atoms with van der Waals surface area (Å²) in [4.78, 5) is 22.3. The number of hydrogen-bond acceptors (Lipinski definition) is 2. The summed E-state index contributed by atoms with van der Waals surface area (Å²) in [6.45, 7) is 0. The number of ketones is 1. The lowest BCUT2D eigenvalue weighted by Gasteiger charge is -2.16. The Morgan fingerprint density at radius 1 is 1.27 bits per heavy atom. The number of hydrogen-bond donors (Lipinski definition) is 2. The molecule has 0 atom stereocenters. The fraction of sp³-hybridized carbons (Fsp3) is 0.0909. The molecule has 0 heterocycles. The maximum Gasteiger partial charge on any atom is 0.316 e. The minimum absolute atomic E-state index is 0.0561. The SMILES string of the molecule is NC(=O)NC1=CCC(=O)c2ccccc21. The molecule has 1 aromatic carbocycles. The average molecular weight is 202 g/mol. The van der Waals surface area contributed by atoms with Crippen LogP contribution in [0.25, 0.3) is 5.70 Å². The van der Waals surface area contributed by atoms with Crippen LogP contribution in [0.2, 0.25) is 0 Å².